The Hall–Kier alpha value is -0.0000000000000000555. The molecular weight excluding hydrogens is 343 g/mol. The van der Waals surface area contributed by atoms with Gasteiger partial charge in [-0.2, -0.15) is 25.8 Å². The third kappa shape index (κ3) is 5.77. The number of thiol groups is 1. The van der Waals surface area contributed by atoms with E-state index in [0.717, 1.165) is 37.5 Å². The summed E-state index contributed by atoms with van der Waals surface area (Å²) in [6.07, 6.45) is 2.38. The largest absolute Gasteiger partial charge is 0.397 e. The van der Waals surface area contributed by atoms with Crippen LogP contribution in [0, 0.1) is 23.7 Å². The zero-order chi connectivity index (χ0) is 17.7. The Morgan fingerprint density at radius 2 is 1.38 bits per heavy atom. The summed E-state index contributed by atoms with van der Waals surface area (Å²) in [7, 11) is 0. The predicted molar refractivity (Wildman–Crippen MR) is 89.8 cm³/mol. The van der Waals surface area contributed by atoms with Gasteiger partial charge >= 0.3 is 6.18 Å². The Labute approximate surface area is 147 Å². The molecule has 0 aromatic carbocycles. The van der Waals surface area contributed by atoms with Crippen LogP contribution >= 0.6 is 12.6 Å². The monoisotopic (exact) mass is 372 g/mol. The van der Waals surface area contributed by atoms with E-state index in [0.29, 0.717) is 17.6 Å². The van der Waals surface area contributed by atoms with Crippen molar-refractivity contribution in [3.63, 3.8) is 0 Å². The third-order valence-electron chi connectivity index (χ3n) is 6.17. The summed E-state index contributed by atoms with van der Waals surface area (Å²) in [5.74, 6) is -0.666. The van der Waals surface area contributed by atoms with Gasteiger partial charge in [0.25, 0.3) is 0 Å². The van der Waals surface area contributed by atoms with Crippen molar-refractivity contribution in [2.45, 2.75) is 81.8 Å². The van der Waals surface area contributed by atoms with Gasteiger partial charge in [-0.25, -0.2) is 4.39 Å². The van der Waals surface area contributed by atoms with E-state index in [1.165, 1.54) is 25.7 Å². The van der Waals surface area contributed by atoms with Crippen LogP contribution in [0.3, 0.4) is 0 Å². The fraction of sp³-hybridized carbons (Fsp3) is 1.00. The van der Waals surface area contributed by atoms with E-state index in [-0.39, 0.29) is 6.42 Å². The number of hydrogen-bond acceptors (Lipinski definition) is 1. The minimum absolute atomic E-state index is 0.172. The summed E-state index contributed by atoms with van der Waals surface area (Å²) >= 11 is 4.53. The van der Waals surface area contributed by atoms with Crippen molar-refractivity contribution in [1.29, 1.82) is 0 Å². The molecule has 0 aromatic heterocycles. The average Bonchev–Trinajstić information content (AvgIpc) is 2.53. The molecule has 0 nitrogen and oxygen atoms in total. The molecule has 2 aliphatic rings. The molecule has 0 aliphatic heterocycles. The van der Waals surface area contributed by atoms with E-state index in [9.17, 15) is 22.0 Å². The Balaban J connectivity index is 1.69. The molecule has 0 N–H and O–H groups in total. The highest BCUT2D eigenvalue weighted by Crippen LogP contribution is 2.42. The van der Waals surface area contributed by atoms with Gasteiger partial charge in [0.15, 0.2) is 0 Å². The van der Waals surface area contributed by atoms with Crippen molar-refractivity contribution in [1.82, 2.24) is 0 Å². The molecular formula is C18H29F5S. The van der Waals surface area contributed by atoms with E-state index in [1.807, 2.05) is 0 Å². The van der Waals surface area contributed by atoms with E-state index >= 15 is 0 Å². The highest BCUT2D eigenvalue weighted by atomic mass is 32.1. The number of halogens is 5. The van der Waals surface area contributed by atoms with Crippen molar-refractivity contribution in [3.05, 3.63) is 0 Å². The van der Waals surface area contributed by atoms with Gasteiger partial charge in [0.1, 0.15) is 18.8 Å². The Kier molecular flexibility index (Phi) is 7.69. The van der Waals surface area contributed by atoms with Crippen molar-refractivity contribution in [2.75, 3.05) is 6.67 Å². The summed E-state index contributed by atoms with van der Waals surface area (Å²) in [5, 5.41) is 0.538. The van der Waals surface area contributed by atoms with Crippen LogP contribution < -0.4 is 0 Å². The second kappa shape index (κ2) is 9.09. The van der Waals surface area contributed by atoms with Crippen LogP contribution in [0.25, 0.3) is 0 Å². The van der Waals surface area contributed by atoms with Crippen LogP contribution in [-0.4, -0.2) is 24.3 Å². The second-order valence-corrected chi connectivity index (χ2v) is 8.48. The maximum Gasteiger partial charge on any atom is 0.397 e. The van der Waals surface area contributed by atoms with E-state index in [1.54, 1.807) is 0 Å². The van der Waals surface area contributed by atoms with Crippen LogP contribution in [0.1, 0.15) is 64.2 Å². The van der Waals surface area contributed by atoms with Gasteiger partial charge in [-0.15, -0.1) is 0 Å². The minimum Gasteiger partial charge on any atom is -0.250 e. The van der Waals surface area contributed by atoms with Crippen LogP contribution in [0.5, 0.6) is 0 Å². The van der Waals surface area contributed by atoms with E-state index < -0.39 is 24.9 Å². The molecule has 24 heavy (non-hydrogen) atoms. The summed E-state index contributed by atoms with van der Waals surface area (Å²) in [5.41, 5.74) is 0. The predicted octanol–water partition coefficient (Wildman–Crippen LogP) is 6.55. The van der Waals surface area contributed by atoms with Gasteiger partial charge < -0.3 is 0 Å². The van der Waals surface area contributed by atoms with E-state index in [2.05, 4.69) is 12.6 Å². The lowest BCUT2D eigenvalue weighted by molar-refractivity contribution is -0.195. The van der Waals surface area contributed by atoms with Crippen LogP contribution in [-0.2, 0) is 0 Å². The summed E-state index contributed by atoms with van der Waals surface area (Å²) in [6.45, 7) is -1.66. The Bertz CT molecular complexity index is 357. The molecule has 2 unspecified atom stereocenters. The smallest absolute Gasteiger partial charge is 0.250 e. The van der Waals surface area contributed by atoms with Gasteiger partial charge in [0.2, 0.25) is 0 Å². The molecule has 0 saturated heterocycles. The summed E-state index contributed by atoms with van der Waals surface area (Å²) < 4.78 is 63.9. The number of alkyl halides is 5. The highest BCUT2D eigenvalue weighted by Gasteiger charge is 2.45. The lowest BCUT2D eigenvalue weighted by Crippen LogP contribution is -2.34. The van der Waals surface area contributed by atoms with Crippen molar-refractivity contribution in [2.24, 2.45) is 23.7 Å². The highest BCUT2D eigenvalue weighted by molar-refractivity contribution is 7.80. The molecule has 2 fully saturated rings. The second-order valence-electron chi connectivity index (χ2n) is 7.75. The molecule has 0 radical (unpaired) electrons. The maximum absolute atomic E-state index is 13.8. The first-order chi connectivity index (χ1) is 11.3. The average molecular weight is 372 g/mol. The zero-order valence-corrected chi connectivity index (χ0v) is 15.0. The molecule has 0 spiro atoms. The fourth-order valence-electron chi connectivity index (χ4n) is 4.51. The van der Waals surface area contributed by atoms with Crippen LogP contribution in [0.15, 0.2) is 0 Å². The molecule has 142 valence electrons. The molecule has 0 amide bonds. The summed E-state index contributed by atoms with van der Waals surface area (Å²) in [4.78, 5) is 0. The first-order valence-corrected chi connectivity index (χ1v) is 9.77. The normalized spacial score (nSPS) is 34.8. The minimum atomic E-state index is -4.78. The molecule has 0 heterocycles. The number of hydrogen-bond donors (Lipinski definition) is 1. The Morgan fingerprint density at radius 1 is 0.875 bits per heavy atom. The van der Waals surface area contributed by atoms with Crippen molar-refractivity contribution < 1.29 is 22.0 Å². The molecule has 0 aromatic rings. The van der Waals surface area contributed by atoms with Gasteiger partial charge in [-0.1, -0.05) is 12.8 Å². The molecule has 2 saturated carbocycles. The van der Waals surface area contributed by atoms with Crippen molar-refractivity contribution in [3.8, 4) is 0 Å². The van der Waals surface area contributed by atoms with Crippen molar-refractivity contribution >= 4 is 12.6 Å². The van der Waals surface area contributed by atoms with Gasteiger partial charge in [0.05, 0.1) is 0 Å². The van der Waals surface area contributed by atoms with Crippen LogP contribution in [0.4, 0.5) is 22.0 Å². The molecule has 2 aliphatic carbocycles. The fourth-order valence-corrected chi connectivity index (χ4v) is 4.80. The molecule has 2 atom stereocenters. The molecule has 2 rings (SSSR count). The standard InChI is InChI=1S/C18H29F5S/c19-11-16(18(21,22)23)17(20)10-3-12-1-4-13(5-2-12)14-6-8-15(24)9-7-14/h12-17,24H,1-11H2. The van der Waals surface area contributed by atoms with E-state index in [4.69, 9.17) is 0 Å². The Morgan fingerprint density at radius 3 is 1.83 bits per heavy atom. The first kappa shape index (κ1) is 20.3. The quantitative estimate of drug-likeness (QED) is 0.397. The maximum atomic E-state index is 13.8. The molecule has 6 heteroatoms. The SMILES string of the molecule is FCC(C(F)CCC1CCC(C2CCC(S)CC2)CC1)C(F)(F)F. The lowest BCUT2D eigenvalue weighted by atomic mass is 9.70. The number of rotatable bonds is 6. The topological polar surface area (TPSA) is 0 Å². The van der Waals surface area contributed by atoms with Gasteiger partial charge in [0, 0.05) is 5.25 Å². The first-order valence-electron chi connectivity index (χ1n) is 9.26. The summed E-state index contributed by atoms with van der Waals surface area (Å²) in [6, 6.07) is 0. The van der Waals surface area contributed by atoms with Gasteiger partial charge in [-0.3, -0.25) is 4.39 Å². The van der Waals surface area contributed by atoms with Gasteiger partial charge in [-0.05, 0) is 69.1 Å². The lowest BCUT2D eigenvalue weighted by Gasteiger charge is -2.37. The zero-order valence-electron chi connectivity index (χ0n) is 14.1. The molecule has 0 bridgehead atoms. The third-order valence-corrected chi connectivity index (χ3v) is 6.69. The van der Waals surface area contributed by atoms with Crippen LogP contribution in [0.2, 0.25) is 0 Å².